The highest BCUT2D eigenvalue weighted by molar-refractivity contribution is 8.27. The van der Waals surface area contributed by atoms with Crippen LogP contribution in [0.2, 0.25) is 0 Å². The number of nitrogens with one attached hydrogen (secondary N) is 2. The van der Waals surface area contributed by atoms with Crippen LogP contribution >= 0.6 is 9.21 Å². The lowest BCUT2D eigenvalue weighted by Gasteiger charge is -2.39. The molecule has 2 heterocycles. The number of carbonyl (C=O) groups excluding carboxylic acids is 1. The second kappa shape index (κ2) is 8.66. The van der Waals surface area contributed by atoms with Crippen LogP contribution in [0, 0.1) is 0 Å². The first-order valence-corrected chi connectivity index (χ1v) is 12.4. The Morgan fingerprint density at radius 1 is 1.00 bits per heavy atom. The van der Waals surface area contributed by atoms with Crippen LogP contribution in [0.5, 0.6) is 0 Å². The summed E-state index contributed by atoms with van der Waals surface area (Å²) in [6, 6.07) is 16.3. The number of hydroxylamine groups is 1. The summed E-state index contributed by atoms with van der Waals surface area (Å²) in [6.45, 7) is 0.536. The molecule has 0 aliphatic carbocycles. The summed E-state index contributed by atoms with van der Waals surface area (Å²) >= 11 is 0. The van der Waals surface area contributed by atoms with Gasteiger partial charge in [-0.1, -0.05) is 48.1 Å². The molecule has 3 aromatic rings. The Balaban J connectivity index is 1.44. The first-order chi connectivity index (χ1) is 14.9. The molecule has 1 aliphatic heterocycles. The number of amides is 1. The fraction of sp³-hybridized carbons (Fsp3) is 0.261. The summed E-state index contributed by atoms with van der Waals surface area (Å²) in [4.78, 5) is 14.0. The average molecular weight is 438 g/mol. The van der Waals surface area contributed by atoms with Gasteiger partial charge in [-0.05, 0) is 53.2 Å². The van der Waals surface area contributed by atoms with Gasteiger partial charge < -0.3 is 0 Å². The zero-order chi connectivity index (χ0) is 21.9. The number of rotatable bonds is 6. The van der Waals surface area contributed by atoms with Gasteiger partial charge in [0, 0.05) is 6.54 Å². The van der Waals surface area contributed by atoms with E-state index >= 15 is 0 Å². The van der Waals surface area contributed by atoms with E-state index in [-0.39, 0.29) is 5.91 Å². The Morgan fingerprint density at radius 3 is 2.10 bits per heavy atom. The Bertz CT molecular complexity index is 1120. The molecule has 1 aromatic heterocycles. The molecule has 4 rings (SSSR count). The molecular formula is C23H27N5O2S. The van der Waals surface area contributed by atoms with Gasteiger partial charge in [0.15, 0.2) is 0 Å². The van der Waals surface area contributed by atoms with E-state index in [1.807, 2.05) is 29.7 Å². The van der Waals surface area contributed by atoms with Crippen LogP contribution in [0.15, 0.2) is 60.9 Å². The zero-order valence-corrected chi connectivity index (χ0v) is 18.1. The SMILES string of the molecule is C=S1(=C)CCC(NCc2ccc(-c3ccc(-n4nccn4)cc3)cc2)(C(=O)NO)CC1. The molecule has 2 aromatic carbocycles. The van der Waals surface area contributed by atoms with Gasteiger partial charge in [-0.3, -0.25) is 15.3 Å². The van der Waals surface area contributed by atoms with Gasteiger partial charge in [-0.25, -0.2) is 14.7 Å². The third kappa shape index (κ3) is 4.71. The maximum absolute atomic E-state index is 12.4. The quantitative estimate of drug-likeness (QED) is 0.313. The minimum absolute atomic E-state index is 0.384. The second-order valence-electron chi connectivity index (χ2n) is 8.07. The first kappa shape index (κ1) is 21.3. The molecule has 1 amide bonds. The van der Waals surface area contributed by atoms with Crippen LogP contribution in [-0.4, -0.2) is 54.9 Å². The maximum Gasteiger partial charge on any atom is 0.263 e. The zero-order valence-electron chi connectivity index (χ0n) is 17.3. The van der Waals surface area contributed by atoms with Gasteiger partial charge in [0.25, 0.3) is 5.91 Å². The van der Waals surface area contributed by atoms with Crippen molar-refractivity contribution in [2.45, 2.75) is 24.9 Å². The van der Waals surface area contributed by atoms with Crippen LogP contribution < -0.4 is 10.8 Å². The van der Waals surface area contributed by atoms with Crippen LogP contribution in [-0.2, 0) is 11.3 Å². The summed E-state index contributed by atoms with van der Waals surface area (Å²) in [5.41, 5.74) is 5.24. The van der Waals surface area contributed by atoms with Crippen molar-refractivity contribution in [2.75, 3.05) is 11.5 Å². The van der Waals surface area contributed by atoms with Crippen molar-refractivity contribution in [1.82, 2.24) is 25.8 Å². The Morgan fingerprint density at radius 2 is 1.55 bits per heavy atom. The minimum Gasteiger partial charge on any atom is -0.299 e. The largest absolute Gasteiger partial charge is 0.299 e. The standard InChI is InChI=1S/C23H27N5O2S/c1-31(2)15-11-23(12-16-31,22(29)27-30)24-17-18-3-5-19(6-4-18)20-7-9-21(10-8-20)28-25-13-14-26-28/h3-10,13-14,24,30H,1-2,11-12,15-17H2,(H,27,29). The van der Waals surface area contributed by atoms with Gasteiger partial charge in [0.05, 0.1) is 18.1 Å². The third-order valence-corrected chi connectivity index (χ3v) is 8.04. The van der Waals surface area contributed by atoms with Crippen LogP contribution in [0.1, 0.15) is 18.4 Å². The van der Waals surface area contributed by atoms with Gasteiger partial charge in [0.2, 0.25) is 0 Å². The molecule has 0 saturated carbocycles. The summed E-state index contributed by atoms with van der Waals surface area (Å²) in [5, 5.41) is 20.9. The van der Waals surface area contributed by atoms with E-state index in [0.717, 1.165) is 33.9 Å². The molecule has 0 radical (unpaired) electrons. The number of hydrogen-bond donors (Lipinski definition) is 3. The van der Waals surface area contributed by atoms with Gasteiger partial charge in [-0.2, -0.15) is 15.0 Å². The number of nitrogens with zero attached hydrogens (tertiary/aromatic N) is 3. The van der Waals surface area contributed by atoms with Crippen molar-refractivity contribution in [1.29, 1.82) is 0 Å². The topological polar surface area (TPSA) is 92.1 Å². The lowest BCUT2D eigenvalue weighted by molar-refractivity contribution is -0.136. The number of benzene rings is 2. The van der Waals surface area contributed by atoms with Crippen molar-refractivity contribution in [2.24, 2.45) is 0 Å². The van der Waals surface area contributed by atoms with E-state index in [9.17, 15) is 10.0 Å². The molecule has 1 saturated heterocycles. The van der Waals surface area contributed by atoms with Crippen molar-refractivity contribution < 1.29 is 10.0 Å². The number of carbonyl (C=O) groups is 1. The highest BCUT2D eigenvalue weighted by atomic mass is 32.2. The third-order valence-electron chi connectivity index (χ3n) is 5.90. The maximum atomic E-state index is 12.4. The average Bonchev–Trinajstić information content (AvgIpc) is 3.34. The smallest absolute Gasteiger partial charge is 0.263 e. The van der Waals surface area contributed by atoms with Crippen molar-refractivity contribution in [3.63, 3.8) is 0 Å². The predicted octanol–water partition coefficient (Wildman–Crippen LogP) is 2.73. The van der Waals surface area contributed by atoms with E-state index < -0.39 is 14.7 Å². The first-order valence-electron chi connectivity index (χ1n) is 10.1. The van der Waals surface area contributed by atoms with E-state index in [4.69, 9.17) is 0 Å². The summed E-state index contributed by atoms with van der Waals surface area (Å²) in [6.07, 6.45) is 4.55. The molecule has 3 N–H and O–H groups in total. The Hall–Kier alpha value is -2.94. The van der Waals surface area contributed by atoms with E-state index in [0.29, 0.717) is 19.4 Å². The minimum atomic E-state index is -1.14. The molecule has 0 spiro atoms. The van der Waals surface area contributed by atoms with Crippen LogP contribution in [0.4, 0.5) is 0 Å². The molecule has 7 nitrogen and oxygen atoms in total. The summed E-state index contributed by atoms with van der Waals surface area (Å²) in [5.74, 6) is 9.62. The highest BCUT2D eigenvalue weighted by Crippen LogP contribution is 2.35. The lowest BCUT2D eigenvalue weighted by atomic mass is 9.91. The number of hydrogen-bond acceptors (Lipinski definition) is 5. The molecule has 162 valence electrons. The predicted molar refractivity (Wildman–Crippen MR) is 127 cm³/mol. The van der Waals surface area contributed by atoms with E-state index in [1.54, 1.807) is 17.2 Å². The molecule has 0 bridgehead atoms. The molecule has 1 fully saturated rings. The van der Waals surface area contributed by atoms with Gasteiger partial charge in [0.1, 0.15) is 5.54 Å². The molecule has 31 heavy (non-hydrogen) atoms. The van der Waals surface area contributed by atoms with Crippen LogP contribution in [0.3, 0.4) is 0 Å². The van der Waals surface area contributed by atoms with Crippen LogP contribution in [0.25, 0.3) is 16.8 Å². The summed E-state index contributed by atoms with van der Waals surface area (Å²) in [7, 11) is -1.14. The van der Waals surface area contributed by atoms with Gasteiger partial charge in [-0.15, -0.1) is 0 Å². The summed E-state index contributed by atoms with van der Waals surface area (Å²) < 4.78 is 0. The normalized spacial score (nSPS) is 17.2. The molecular weight excluding hydrogens is 410 g/mol. The molecule has 1 aliphatic rings. The van der Waals surface area contributed by atoms with Crippen molar-refractivity contribution in [3.05, 3.63) is 66.5 Å². The molecule has 0 atom stereocenters. The second-order valence-corrected chi connectivity index (χ2v) is 11.3. The molecule has 8 heteroatoms. The van der Waals surface area contributed by atoms with Crippen molar-refractivity contribution in [3.8, 4) is 16.8 Å². The van der Waals surface area contributed by atoms with E-state index in [2.05, 4.69) is 51.5 Å². The Labute approximate surface area is 182 Å². The fourth-order valence-electron chi connectivity index (χ4n) is 3.82. The molecule has 0 unspecified atom stereocenters. The van der Waals surface area contributed by atoms with Gasteiger partial charge >= 0.3 is 0 Å². The van der Waals surface area contributed by atoms with Crippen molar-refractivity contribution >= 4 is 26.9 Å². The Kier molecular flexibility index (Phi) is 5.95. The lowest BCUT2D eigenvalue weighted by Crippen LogP contribution is -2.58. The highest BCUT2D eigenvalue weighted by Gasteiger charge is 2.40. The number of aromatic nitrogens is 3. The van der Waals surface area contributed by atoms with E-state index in [1.165, 1.54) is 0 Å². The monoisotopic (exact) mass is 437 g/mol. The fourth-order valence-corrected chi connectivity index (χ4v) is 5.59.